The average Bonchev–Trinajstić information content (AvgIpc) is 3.56. The molecule has 0 spiro atoms. The second kappa shape index (κ2) is 11.1. The Hall–Kier alpha value is -2.20. The number of nitrogens with zero attached hydrogens (tertiary/aromatic N) is 6. The van der Waals surface area contributed by atoms with E-state index in [0.717, 1.165) is 89.4 Å². The zero-order chi connectivity index (χ0) is 22.3. The first-order valence-corrected chi connectivity index (χ1v) is 12.1. The fourth-order valence-corrected chi connectivity index (χ4v) is 4.75. The molecule has 1 aromatic rings. The molecule has 2 N–H and O–H groups in total. The second-order valence-electron chi connectivity index (χ2n) is 9.16. The molecule has 0 bridgehead atoms. The molecule has 1 amide bonds. The van der Waals surface area contributed by atoms with Crippen molar-refractivity contribution in [2.45, 2.75) is 51.6 Å². The molecule has 1 atom stereocenters. The maximum Gasteiger partial charge on any atom is 0.225 e. The maximum absolute atomic E-state index is 12.8. The number of aryl methyl sites for hydroxylation is 1. The molecular weight excluding hydrogens is 408 g/mol. The van der Waals surface area contributed by atoms with Gasteiger partial charge in [-0.25, -0.2) is 4.99 Å². The number of morpholine rings is 1. The fourth-order valence-electron chi connectivity index (χ4n) is 4.75. The Morgan fingerprint density at radius 3 is 2.66 bits per heavy atom. The second-order valence-corrected chi connectivity index (χ2v) is 9.16. The van der Waals surface area contributed by atoms with Crippen LogP contribution in [0.25, 0.3) is 0 Å². The Labute approximate surface area is 190 Å². The molecule has 1 aromatic heterocycles. The van der Waals surface area contributed by atoms with Gasteiger partial charge in [0.25, 0.3) is 0 Å². The molecule has 178 valence electrons. The molecular formula is C22H38N8O2. The summed E-state index contributed by atoms with van der Waals surface area (Å²) in [6.45, 7) is 9.29. The summed E-state index contributed by atoms with van der Waals surface area (Å²) in [4.78, 5) is 22.0. The molecule has 1 unspecified atom stereocenters. The van der Waals surface area contributed by atoms with Crippen LogP contribution in [0.2, 0.25) is 0 Å². The minimum atomic E-state index is 0.219. The predicted molar refractivity (Wildman–Crippen MR) is 122 cm³/mol. The van der Waals surface area contributed by atoms with Crippen LogP contribution in [-0.4, -0.2) is 95.0 Å². The van der Waals surface area contributed by atoms with Crippen molar-refractivity contribution in [1.29, 1.82) is 0 Å². The lowest BCUT2D eigenvalue weighted by atomic mass is 10.1. The van der Waals surface area contributed by atoms with Crippen molar-refractivity contribution < 1.29 is 9.53 Å². The summed E-state index contributed by atoms with van der Waals surface area (Å²) in [7, 11) is 1.96. The van der Waals surface area contributed by atoms with Crippen molar-refractivity contribution in [2.75, 3.05) is 52.5 Å². The number of carbonyl (C=O) groups is 1. The number of aromatic nitrogens is 3. The van der Waals surface area contributed by atoms with Crippen molar-refractivity contribution >= 4 is 11.9 Å². The normalized spacial score (nSPS) is 23.1. The van der Waals surface area contributed by atoms with E-state index in [-0.39, 0.29) is 12.0 Å². The zero-order valence-corrected chi connectivity index (χ0v) is 19.6. The van der Waals surface area contributed by atoms with Crippen LogP contribution in [-0.2, 0) is 23.1 Å². The van der Waals surface area contributed by atoms with Crippen LogP contribution in [0.5, 0.6) is 0 Å². The van der Waals surface area contributed by atoms with Crippen LogP contribution >= 0.6 is 0 Å². The van der Waals surface area contributed by atoms with E-state index >= 15 is 0 Å². The molecule has 2 saturated heterocycles. The number of guanidine groups is 1. The molecule has 3 fully saturated rings. The van der Waals surface area contributed by atoms with Crippen molar-refractivity contribution in [3.63, 3.8) is 0 Å². The molecule has 1 saturated carbocycles. The molecule has 3 heterocycles. The summed E-state index contributed by atoms with van der Waals surface area (Å²) in [5, 5.41) is 15.4. The van der Waals surface area contributed by atoms with E-state index in [1.165, 1.54) is 12.8 Å². The summed E-state index contributed by atoms with van der Waals surface area (Å²) in [5.41, 5.74) is 0. The number of ether oxygens (including phenoxy) is 1. The number of aliphatic imine (C=N–C) groups is 1. The fraction of sp³-hybridized carbons (Fsp3) is 0.818. The first-order chi connectivity index (χ1) is 15.6. The molecule has 10 nitrogen and oxygen atoms in total. The van der Waals surface area contributed by atoms with Crippen LogP contribution < -0.4 is 10.6 Å². The van der Waals surface area contributed by atoms with Crippen LogP contribution in [0.15, 0.2) is 4.99 Å². The van der Waals surface area contributed by atoms with Gasteiger partial charge >= 0.3 is 0 Å². The molecule has 10 heteroatoms. The highest BCUT2D eigenvalue weighted by Crippen LogP contribution is 2.27. The molecule has 3 aliphatic rings. The smallest absolute Gasteiger partial charge is 0.225 e. The van der Waals surface area contributed by atoms with Crippen LogP contribution in [0.3, 0.4) is 0 Å². The summed E-state index contributed by atoms with van der Waals surface area (Å²) in [5.74, 6) is 3.08. The zero-order valence-electron chi connectivity index (χ0n) is 19.6. The van der Waals surface area contributed by atoms with E-state index < -0.39 is 0 Å². The minimum absolute atomic E-state index is 0.219. The van der Waals surface area contributed by atoms with Gasteiger partial charge in [0.15, 0.2) is 11.8 Å². The number of nitrogens with one attached hydrogen (secondary N) is 2. The largest absolute Gasteiger partial charge is 0.379 e. The first-order valence-electron chi connectivity index (χ1n) is 12.1. The van der Waals surface area contributed by atoms with Gasteiger partial charge in [-0.3, -0.25) is 9.69 Å². The quantitative estimate of drug-likeness (QED) is 0.458. The molecule has 0 aromatic carbocycles. The maximum atomic E-state index is 12.8. The first kappa shape index (κ1) is 23.0. The monoisotopic (exact) mass is 446 g/mol. The van der Waals surface area contributed by atoms with Gasteiger partial charge in [0.2, 0.25) is 5.91 Å². The van der Waals surface area contributed by atoms with Crippen molar-refractivity contribution in [3.05, 3.63) is 11.6 Å². The van der Waals surface area contributed by atoms with E-state index in [9.17, 15) is 4.79 Å². The summed E-state index contributed by atoms with van der Waals surface area (Å²) in [6, 6.07) is 0.219. The Morgan fingerprint density at radius 2 is 1.94 bits per heavy atom. The van der Waals surface area contributed by atoms with Crippen LogP contribution in [0, 0.1) is 12.8 Å². The van der Waals surface area contributed by atoms with E-state index in [1.807, 2.05) is 23.4 Å². The van der Waals surface area contributed by atoms with Gasteiger partial charge in [-0.05, 0) is 26.2 Å². The summed E-state index contributed by atoms with van der Waals surface area (Å²) >= 11 is 0. The third kappa shape index (κ3) is 5.98. The Bertz CT molecular complexity index is 783. The SMILES string of the molecule is Cc1nnc(CN=C(NCCN2CCOCC2)NC2CCN(C(=O)C3CCCC3)C2)n1C. The highest BCUT2D eigenvalue weighted by Gasteiger charge is 2.32. The van der Waals surface area contributed by atoms with E-state index in [1.54, 1.807) is 0 Å². The Balaban J connectivity index is 1.32. The molecule has 0 radical (unpaired) electrons. The third-order valence-electron chi connectivity index (χ3n) is 6.93. The lowest BCUT2D eigenvalue weighted by molar-refractivity contribution is -0.134. The van der Waals surface area contributed by atoms with E-state index in [2.05, 4.69) is 25.7 Å². The van der Waals surface area contributed by atoms with Gasteiger partial charge in [0, 0.05) is 58.3 Å². The van der Waals surface area contributed by atoms with Gasteiger partial charge in [-0.1, -0.05) is 12.8 Å². The van der Waals surface area contributed by atoms with E-state index in [4.69, 9.17) is 9.73 Å². The Morgan fingerprint density at radius 1 is 1.16 bits per heavy atom. The topological polar surface area (TPSA) is 99.9 Å². The number of hydrogen-bond acceptors (Lipinski definition) is 6. The number of hydrogen-bond donors (Lipinski definition) is 2. The lowest BCUT2D eigenvalue weighted by Gasteiger charge is -2.27. The van der Waals surface area contributed by atoms with Gasteiger partial charge in [0.1, 0.15) is 12.4 Å². The highest BCUT2D eigenvalue weighted by molar-refractivity contribution is 5.81. The third-order valence-corrected chi connectivity index (χ3v) is 6.93. The molecule has 32 heavy (non-hydrogen) atoms. The predicted octanol–water partition coefficient (Wildman–Crippen LogP) is 0.282. The number of carbonyl (C=O) groups excluding carboxylic acids is 1. The number of amides is 1. The van der Waals surface area contributed by atoms with Crippen molar-refractivity contribution in [2.24, 2.45) is 18.0 Å². The molecule has 4 rings (SSSR count). The van der Waals surface area contributed by atoms with Gasteiger partial charge in [-0.15, -0.1) is 10.2 Å². The summed E-state index contributed by atoms with van der Waals surface area (Å²) < 4.78 is 7.40. The Kier molecular flexibility index (Phi) is 7.96. The van der Waals surface area contributed by atoms with Gasteiger partial charge in [0.05, 0.1) is 13.2 Å². The molecule has 2 aliphatic heterocycles. The average molecular weight is 447 g/mol. The van der Waals surface area contributed by atoms with Crippen molar-refractivity contribution in [1.82, 2.24) is 35.2 Å². The summed E-state index contributed by atoms with van der Waals surface area (Å²) in [6.07, 6.45) is 5.45. The number of likely N-dealkylation sites (tertiary alicyclic amines) is 1. The van der Waals surface area contributed by atoms with Crippen LogP contribution in [0.1, 0.15) is 43.8 Å². The highest BCUT2D eigenvalue weighted by atomic mass is 16.5. The standard InChI is InChI=1S/C22H38N8O2/c1-17-26-27-20(28(17)2)15-24-22(23-8-10-29-11-13-32-14-12-29)25-19-7-9-30(16-19)21(31)18-5-3-4-6-18/h18-19H,3-16H2,1-2H3,(H2,23,24,25). The van der Waals surface area contributed by atoms with Crippen molar-refractivity contribution in [3.8, 4) is 0 Å². The molecule has 1 aliphatic carbocycles. The van der Waals surface area contributed by atoms with Crippen LogP contribution in [0.4, 0.5) is 0 Å². The van der Waals surface area contributed by atoms with E-state index in [0.29, 0.717) is 12.5 Å². The minimum Gasteiger partial charge on any atom is -0.379 e. The lowest BCUT2D eigenvalue weighted by Crippen LogP contribution is -2.48. The van der Waals surface area contributed by atoms with Gasteiger partial charge in [-0.2, -0.15) is 0 Å². The number of rotatable bonds is 7. The van der Waals surface area contributed by atoms with Gasteiger partial charge < -0.3 is 24.8 Å².